The van der Waals surface area contributed by atoms with Crippen molar-refractivity contribution in [3.63, 3.8) is 0 Å². The van der Waals surface area contributed by atoms with Gasteiger partial charge in [-0.15, -0.1) is 0 Å². The highest BCUT2D eigenvalue weighted by Gasteiger charge is 2.33. The Kier molecular flexibility index (Phi) is 6.78. The number of rotatable bonds is 7. The molecule has 1 aliphatic heterocycles. The summed E-state index contributed by atoms with van der Waals surface area (Å²) in [4.78, 5) is 0.506. The van der Waals surface area contributed by atoms with Crippen LogP contribution in [0.15, 0.2) is 58.3 Å². The monoisotopic (exact) mass is 436 g/mol. The Bertz CT molecular complexity index is 1030. The minimum atomic E-state index is -3.61. The van der Waals surface area contributed by atoms with Gasteiger partial charge in [-0.2, -0.15) is 4.31 Å². The number of sulfonamides is 2. The molecule has 0 spiro atoms. The van der Waals surface area contributed by atoms with Gasteiger partial charge in [-0.3, -0.25) is 0 Å². The van der Waals surface area contributed by atoms with E-state index >= 15 is 0 Å². The number of hydrogen-bond acceptors (Lipinski definition) is 4. The van der Waals surface area contributed by atoms with Gasteiger partial charge in [-0.1, -0.05) is 41.8 Å². The van der Waals surface area contributed by atoms with E-state index in [1.165, 1.54) is 0 Å². The van der Waals surface area contributed by atoms with Gasteiger partial charge in [0.15, 0.2) is 0 Å². The number of benzene rings is 2. The number of aryl methyl sites for hydroxylation is 2. The maximum Gasteiger partial charge on any atom is 0.243 e. The molecule has 0 saturated carbocycles. The van der Waals surface area contributed by atoms with E-state index in [2.05, 4.69) is 4.72 Å². The fourth-order valence-corrected chi connectivity index (χ4v) is 6.36. The molecule has 1 fully saturated rings. The summed E-state index contributed by atoms with van der Waals surface area (Å²) in [6.45, 7) is 4.47. The zero-order valence-electron chi connectivity index (χ0n) is 16.8. The molecule has 3 rings (SSSR count). The van der Waals surface area contributed by atoms with Gasteiger partial charge in [-0.25, -0.2) is 21.6 Å². The predicted molar refractivity (Wildman–Crippen MR) is 114 cm³/mol. The van der Waals surface area contributed by atoms with Crippen LogP contribution in [-0.4, -0.2) is 40.3 Å². The van der Waals surface area contributed by atoms with E-state index in [1.54, 1.807) is 52.8 Å². The molecule has 1 saturated heterocycles. The zero-order valence-corrected chi connectivity index (χ0v) is 18.5. The first-order chi connectivity index (χ1) is 13.7. The van der Waals surface area contributed by atoms with Crippen molar-refractivity contribution >= 4 is 20.0 Å². The van der Waals surface area contributed by atoms with E-state index in [0.29, 0.717) is 13.0 Å². The van der Waals surface area contributed by atoms with Gasteiger partial charge in [0.2, 0.25) is 20.0 Å². The summed E-state index contributed by atoms with van der Waals surface area (Å²) >= 11 is 0. The van der Waals surface area contributed by atoms with Crippen molar-refractivity contribution < 1.29 is 16.8 Å². The summed E-state index contributed by atoms with van der Waals surface area (Å²) in [5, 5.41) is 0. The molecule has 1 unspecified atom stereocenters. The van der Waals surface area contributed by atoms with Gasteiger partial charge < -0.3 is 0 Å². The molecule has 1 heterocycles. The van der Waals surface area contributed by atoms with Crippen LogP contribution in [-0.2, 0) is 20.0 Å². The molecule has 29 heavy (non-hydrogen) atoms. The molecule has 158 valence electrons. The molecular weight excluding hydrogens is 408 g/mol. The molecule has 6 nitrogen and oxygen atoms in total. The van der Waals surface area contributed by atoms with Crippen LogP contribution in [0.5, 0.6) is 0 Å². The van der Waals surface area contributed by atoms with Gasteiger partial charge in [-0.05, 0) is 57.4 Å². The van der Waals surface area contributed by atoms with Crippen LogP contribution in [0.1, 0.15) is 36.8 Å². The number of nitrogens with zero attached hydrogens (tertiary/aromatic N) is 1. The van der Waals surface area contributed by atoms with Crippen molar-refractivity contribution in [2.24, 2.45) is 0 Å². The molecule has 1 atom stereocenters. The van der Waals surface area contributed by atoms with E-state index in [4.69, 9.17) is 0 Å². The van der Waals surface area contributed by atoms with E-state index in [-0.39, 0.29) is 22.4 Å². The lowest BCUT2D eigenvalue weighted by molar-refractivity contribution is 0.242. The predicted octanol–water partition coefficient (Wildman–Crippen LogP) is 3.22. The van der Waals surface area contributed by atoms with Gasteiger partial charge >= 0.3 is 0 Å². The first kappa shape index (κ1) is 22.0. The molecule has 1 aliphatic rings. The van der Waals surface area contributed by atoms with Gasteiger partial charge in [0.25, 0.3) is 0 Å². The quantitative estimate of drug-likeness (QED) is 0.722. The molecule has 2 aromatic rings. The maximum atomic E-state index is 13.1. The Labute approximate surface area is 174 Å². The van der Waals surface area contributed by atoms with Crippen LogP contribution in [0.25, 0.3) is 0 Å². The largest absolute Gasteiger partial charge is 0.243 e. The van der Waals surface area contributed by atoms with E-state index in [9.17, 15) is 16.8 Å². The lowest BCUT2D eigenvalue weighted by Gasteiger charge is -2.34. The van der Waals surface area contributed by atoms with E-state index < -0.39 is 20.0 Å². The fourth-order valence-electron chi connectivity index (χ4n) is 3.59. The molecule has 2 aromatic carbocycles. The van der Waals surface area contributed by atoms with Gasteiger partial charge in [0.05, 0.1) is 9.79 Å². The maximum absolute atomic E-state index is 13.1. The van der Waals surface area contributed by atoms with Crippen molar-refractivity contribution in [3.05, 3.63) is 59.7 Å². The molecule has 8 heteroatoms. The number of nitrogens with one attached hydrogen (secondary N) is 1. The molecule has 0 amide bonds. The second-order valence-corrected chi connectivity index (χ2v) is 11.2. The summed E-state index contributed by atoms with van der Waals surface area (Å²) in [7, 11) is -7.20. The number of hydrogen-bond donors (Lipinski definition) is 1. The smallest absolute Gasteiger partial charge is 0.211 e. The SMILES string of the molecule is Cc1ccc(S(=O)(=O)NCCC2CCCCN2S(=O)(=O)c2ccc(C)cc2)cc1. The minimum absolute atomic E-state index is 0.195. The highest BCUT2D eigenvalue weighted by atomic mass is 32.2. The van der Waals surface area contributed by atoms with Crippen molar-refractivity contribution in [2.75, 3.05) is 13.1 Å². The van der Waals surface area contributed by atoms with Crippen molar-refractivity contribution in [3.8, 4) is 0 Å². The average Bonchev–Trinajstić information content (AvgIpc) is 2.69. The Hall–Kier alpha value is -1.74. The van der Waals surface area contributed by atoms with Crippen LogP contribution >= 0.6 is 0 Å². The first-order valence-corrected chi connectivity index (χ1v) is 12.8. The van der Waals surface area contributed by atoms with E-state index in [1.807, 2.05) is 13.8 Å². The Morgan fingerprint density at radius 3 is 2.00 bits per heavy atom. The van der Waals surface area contributed by atoms with Crippen LogP contribution in [0.4, 0.5) is 0 Å². The third kappa shape index (κ3) is 5.25. The van der Waals surface area contributed by atoms with E-state index in [0.717, 1.165) is 30.4 Å². The summed E-state index contributed by atoms with van der Waals surface area (Å²) in [6.07, 6.45) is 2.93. The van der Waals surface area contributed by atoms with Gasteiger partial charge in [0, 0.05) is 19.1 Å². The van der Waals surface area contributed by atoms with Crippen LogP contribution in [0, 0.1) is 13.8 Å². The third-order valence-corrected chi connectivity index (χ3v) is 8.74. The third-order valence-electron chi connectivity index (χ3n) is 5.30. The van der Waals surface area contributed by atoms with Crippen molar-refractivity contribution in [1.82, 2.24) is 9.03 Å². The highest BCUT2D eigenvalue weighted by molar-refractivity contribution is 7.89. The zero-order chi connectivity index (χ0) is 21.1. The summed E-state index contributed by atoms with van der Waals surface area (Å²) < 4.78 is 55.3. The molecule has 0 aromatic heterocycles. The Balaban J connectivity index is 1.69. The van der Waals surface area contributed by atoms with Gasteiger partial charge in [0.1, 0.15) is 0 Å². The molecule has 1 N–H and O–H groups in total. The standard InChI is InChI=1S/C21H28N2O4S2/c1-17-6-10-20(11-7-17)28(24,25)22-15-14-19-5-3-4-16-23(19)29(26,27)21-12-8-18(2)9-13-21/h6-13,19,22H,3-5,14-16H2,1-2H3. The number of piperidine rings is 1. The summed E-state index contributed by atoms with van der Waals surface area (Å²) in [5.74, 6) is 0. The van der Waals surface area contributed by atoms with Crippen molar-refractivity contribution in [2.45, 2.75) is 55.4 Å². The van der Waals surface area contributed by atoms with Crippen LogP contribution < -0.4 is 4.72 Å². The average molecular weight is 437 g/mol. The topological polar surface area (TPSA) is 83.6 Å². The highest BCUT2D eigenvalue weighted by Crippen LogP contribution is 2.27. The fraction of sp³-hybridized carbons (Fsp3) is 0.429. The Morgan fingerprint density at radius 2 is 1.41 bits per heavy atom. The summed E-state index contributed by atoms with van der Waals surface area (Å²) in [5.41, 5.74) is 1.99. The second kappa shape index (κ2) is 8.95. The second-order valence-electron chi connectivity index (χ2n) is 7.58. The molecule has 0 bridgehead atoms. The Morgan fingerprint density at radius 1 is 0.862 bits per heavy atom. The lowest BCUT2D eigenvalue weighted by Crippen LogP contribution is -2.45. The molecule has 0 radical (unpaired) electrons. The van der Waals surface area contributed by atoms with Crippen LogP contribution in [0.3, 0.4) is 0 Å². The molecular formula is C21H28N2O4S2. The molecule has 0 aliphatic carbocycles. The summed E-state index contributed by atoms with van der Waals surface area (Å²) in [6, 6.07) is 13.3. The van der Waals surface area contributed by atoms with Crippen molar-refractivity contribution in [1.29, 1.82) is 0 Å². The lowest BCUT2D eigenvalue weighted by atomic mass is 10.0. The normalized spacial score (nSPS) is 18.6. The minimum Gasteiger partial charge on any atom is -0.211 e. The van der Waals surface area contributed by atoms with Crippen LogP contribution in [0.2, 0.25) is 0 Å². The first-order valence-electron chi connectivity index (χ1n) is 9.85.